The van der Waals surface area contributed by atoms with Crippen LogP contribution in [0.2, 0.25) is 5.02 Å². The number of carboxylic acids is 1. The summed E-state index contributed by atoms with van der Waals surface area (Å²) in [5.41, 5.74) is 4.70. The van der Waals surface area contributed by atoms with Gasteiger partial charge >= 0.3 is 11.7 Å². The van der Waals surface area contributed by atoms with E-state index in [9.17, 15) is 19.5 Å². The van der Waals surface area contributed by atoms with Gasteiger partial charge in [0.05, 0.1) is 30.4 Å². The number of benzene rings is 2. The predicted molar refractivity (Wildman–Crippen MR) is 155 cm³/mol. The number of carbonyl (C=O) groups is 2. The van der Waals surface area contributed by atoms with Crippen molar-refractivity contribution in [3.63, 3.8) is 0 Å². The number of fused-ring (bicyclic) bond motifs is 1. The highest BCUT2D eigenvalue weighted by atomic mass is 35.5. The SMILES string of the molecule is O=C(Cc1cc(C2CC2)c(-n2cc(Cn3c(=O)oc4cc(Cl)ccc43)nn2)c(C2CC2)c1)NC1(C(=O)O)CCCCC1. The number of hydrogen-bond donors (Lipinski definition) is 2. The number of rotatable bonds is 9. The van der Waals surface area contributed by atoms with E-state index < -0.39 is 17.3 Å². The van der Waals surface area contributed by atoms with Crippen LogP contribution in [0.1, 0.15) is 92.0 Å². The third-order valence-electron chi connectivity index (χ3n) is 8.84. The Morgan fingerprint density at radius 1 is 1.05 bits per heavy atom. The number of aromatic nitrogens is 4. The minimum atomic E-state index is -1.17. The van der Waals surface area contributed by atoms with Crippen LogP contribution < -0.4 is 11.1 Å². The largest absolute Gasteiger partial charge is 0.480 e. The molecule has 0 unspecified atom stereocenters. The lowest BCUT2D eigenvalue weighted by Crippen LogP contribution is -2.56. The monoisotopic (exact) mass is 589 g/mol. The van der Waals surface area contributed by atoms with E-state index in [0.29, 0.717) is 46.5 Å². The molecule has 1 amide bonds. The van der Waals surface area contributed by atoms with Crippen LogP contribution in [0.5, 0.6) is 0 Å². The predicted octanol–water partition coefficient (Wildman–Crippen LogP) is 5.08. The van der Waals surface area contributed by atoms with Crippen LogP contribution in [-0.4, -0.2) is 42.1 Å². The van der Waals surface area contributed by atoms with Crippen molar-refractivity contribution in [3.05, 3.63) is 74.5 Å². The van der Waals surface area contributed by atoms with Gasteiger partial charge in [-0.15, -0.1) is 5.10 Å². The lowest BCUT2D eigenvalue weighted by Gasteiger charge is -2.34. The smallest absolute Gasteiger partial charge is 0.420 e. The topological polar surface area (TPSA) is 132 Å². The first-order valence-electron chi connectivity index (χ1n) is 14.7. The number of aliphatic carboxylic acids is 1. The van der Waals surface area contributed by atoms with Gasteiger partial charge in [-0.2, -0.15) is 0 Å². The summed E-state index contributed by atoms with van der Waals surface area (Å²) in [6, 6.07) is 9.27. The summed E-state index contributed by atoms with van der Waals surface area (Å²) in [5, 5.41) is 22.2. The van der Waals surface area contributed by atoms with Gasteiger partial charge in [-0.05, 0) is 79.2 Å². The van der Waals surface area contributed by atoms with Gasteiger partial charge in [-0.1, -0.05) is 48.2 Å². The average Bonchev–Trinajstić information content (AvgIpc) is 3.90. The Labute approximate surface area is 246 Å². The third kappa shape index (κ3) is 5.12. The minimum absolute atomic E-state index is 0.137. The number of oxazole rings is 1. The van der Waals surface area contributed by atoms with E-state index in [-0.39, 0.29) is 18.9 Å². The highest BCUT2D eigenvalue weighted by Crippen LogP contribution is 2.49. The fourth-order valence-electron chi connectivity index (χ4n) is 6.40. The molecule has 2 heterocycles. The van der Waals surface area contributed by atoms with Crippen molar-refractivity contribution in [2.75, 3.05) is 0 Å². The van der Waals surface area contributed by atoms with Crippen molar-refractivity contribution in [1.82, 2.24) is 24.9 Å². The molecule has 3 fully saturated rings. The van der Waals surface area contributed by atoms with E-state index in [0.717, 1.165) is 67.3 Å². The standard InChI is InChI=1S/C31H32ClN5O5/c32-21-8-9-25-26(15-21)42-30(41)36(25)16-22-17-37(35-34-22)28-23(19-4-5-19)12-18(13-24(28)20-6-7-20)14-27(38)33-31(29(39)40)10-2-1-3-11-31/h8-9,12-13,15,17,19-20H,1-7,10-11,14,16H2,(H,33,38)(H,39,40). The Morgan fingerprint density at radius 3 is 2.38 bits per heavy atom. The Morgan fingerprint density at radius 2 is 1.74 bits per heavy atom. The van der Waals surface area contributed by atoms with Crippen LogP contribution >= 0.6 is 11.6 Å². The van der Waals surface area contributed by atoms with E-state index in [1.807, 2.05) is 10.9 Å². The van der Waals surface area contributed by atoms with Crippen molar-refractivity contribution in [3.8, 4) is 5.69 Å². The molecular weight excluding hydrogens is 558 g/mol. The first-order chi connectivity index (χ1) is 20.3. The van der Waals surface area contributed by atoms with E-state index >= 15 is 0 Å². The molecule has 7 rings (SSSR count). The second-order valence-corrected chi connectivity index (χ2v) is 12.5. The van der Waals surface area contributed by atoms with Gasteiger partial charge in [0, 0.05) is 11.1 Å². The summed E-state index contributed by atoms with van der Waals surface area (Å²) in [7, 11) is 0. The molecule has 0 bridgehead atoms. The number of halogens is 1. The van der Waals surface area contributed by atoms with Crippen molar-refractivity contribution in [1.29, 1.82) is 0 Å². The normalized spacial score (nSPS) is 18.3. The molecule has 0 radical (unpaired) electrons. The first-order valence-corrected chi connectivity index (χ1v) is 15.1. The number of carbonyl (C=O) groups excluding carboxylic acids is 1. The summed E-state index contributed by atoms with van der Waals surface area (Å²) in [5.74, 6) is -0.929. The van der Waals surface area contributed by atoms with Gasteiger partial charge in [-0.3, -0.25) is 9.36 Å². The quantitative estimate of drug-likeness (QED) is 0.278. The van der Waals surface area contributed by atoms with Gasteiger partial charge < -0.3 is 14.8 Å². The lowest BCUT2D eigenvalue weighted by molar-refractivity contribution is -0.149. The molecule has 0 spiro atoms. The number of nitrogens with one attached hydrogen (secondary N) is 1. The number of carboxylic acid groups (broad SMARTS) is 1. The Bertz CT molecular complexity index is 1720. The molecule has 0 saturated heterocycles. The molecule has 0 aliphatic heterocycles. The summed E-state index contributed by atoms with van der Waals surface area (Å²) < 4.78 is 8.70. The average molecular weight is 590 g/mol. The highest BCUT2D eigenvalue weighted by molar-refractivity contribution is 6.31. The molecule has 3 aliphatic carbocycles. The van der Waals surface area contributed by atoms with E-state index in [1.165, 1.54) is 4.57 Å². The van der Waals surface area contributed by atoms with Crippen molar-refractivity contribution >= 4 is 34.6 Å². The van der Waals surface area contributed by atoms with Crippen molar-refractivity contribution in [2.45, 2.75) is 88.1 Å². The molecule has 11 heteroatoms. The third-order valence-corrected chi connectivity index (χ3v) is 9.08. The van der Waals surface area contributed by atoms with Crippen LogP contribution in [0.4, 0.5) is 0 Å². The Hall–Kier alpha value is -3.92. The maximum Gasteiger partial charge on any atom is 0.420 e. The maximum absolute atomic E-state index is 13.2. The molecule has 4 aromatic rings. The van der Waals surface area contributed by atoms with Crippen molar-refractivity contribution < 1.29 is 19.1 Å². The van der Waals surface area contributed by atoms with Gasteiger partial charge in [0.1, 0.15) is 11.2 Å². The van der Waals surface area contributed by atoms with E-state index in [4.69, 9.17) is 16.0 Å². The van der Waals surface area contributed by atoms with Crippen LogP contribution in [0.25, 0.3) is 16.8 Å². The second-order valence-electron chi connectivity index (χ2n) is 12.1. The van der Waals surface area contributed by atoms with Gasteiger partial charge in [0.15, 0.2) is 5.58 Å². The van der Waals surface area contributed by atoms with E-state index in [1.54, 1.807) is 18.2 Å². The zero-order chi connectivity index (χ0) is 29.0. The van der Waals surface area contributed by atoms with Crippen LogP contribution in [-0.2, 0) is 22.6 Å². The molecule has 10 nitrogen and oxygen atoms in total. The summed E-state index contributed by atoms with van der Waals surface area (Å²) in [6.45, 7) is 0.203. The summed E-state index contributed by atoms with van der Waals surface area (Å²) in [4.78, 5) is 37.9. The zero-order valence-electron chi connectivity index (χ0n) is 23.1. The van der Waals surface area contributed by atoms with Crippen LogP contribution in [0, 0.1) is 0 Å². The molecule has 2 aromatic heterocycles. The number of hydrogen-bond acceptors (Lipinski definition) is 6. The Kier molecular flexibility index (Phi) is 6.68. The van der Waals surface area contributed by atoms with Gasteiger partial charge in [-0.25, -0.2) is 14.3 Å². The van der Waals surface area contributed by atoms with Gasteiger partial charge in [0.25, 0.3) is 0 Å². The lowest BCUT2D eigenvalue weighted by atomic mass is 9.81. The van der Waals surface area contributed by atoms with E-state index in [2.05, 4.69) is 27.8 Å². The maximum atomic E-state index is 13.2. The molecule has 2 aromatic carbocycles. The minimum Gasteiger partial charge on any atom is -0.480 e. The second kappa shape index (κ2) is 10.4. The fraction of sp³-hybridized carbons (Fsp3) is 0.452. The van der Waals surface area contributed by atoms with Crippen molar-refractivity contribution in [2.24, 2.45) is 0 Å². The number of amides is 1. The molecular formula is C31H32ClN5O5. The van der Waals surface area contributed by atoms with Crippen LogP contribution in [0.3, 0.4) is 0 Å². The zero-order valence-corrected chi connectivity index (χ0v) is 23.9. The van der Waals surface area contributed by atoms with Gasteiger partial charge in [0.2, 0.25) is 5.91 Å². The molecule has 42 heavy (non-hydrogen) atoms. The summed E-state index contributed by atoms with van der Waals surface area (Å²) >= 11 is 6.06. The summed E-state index contributed by atoms with van der Waals surface area (Å²) in [6.07, 6.45) is 9.80. The Balaban J connectivity index is 1.19. The highest BCUT2D eigenvalue weighted by Gasteiger charge is 2.41. The molecule has 3 aliphatic rings. The number of nitrogens with zero attached hydrogens (tertiary/aromatic N) is 4. The van der Waals surface area contributed by atoms with Crippen LogP contribution in [0.15, 0.2) is 45.7 Å². The molecule has 0 atom stereocenters. The molecule has 2 N–H and O–H groups in total. The molecule has 3 saturated carbocycles. The molecule has 218 valence electrons. The fourth-order valence-corrected chi connectivity index (χ4v) is 6.56. The first kappa shape index (κ1) is 26.9.